The number of fused-ring (bicyclic) bond motifs is 1. The van der Waals surface area contributed by atoms with E-state index in [4.69, 9.17) is 9.47 Å². The number of ether oxygens (including phenoxy) is 2. The second-order valence-corrected chi connectivity index (χ2v) is 8.15. The predicted molar refractivity (Wildman–Crippen MR) is 111 cm³/mol. The minimum absolute atomic E-state index is 0.0705. The van der Waals surface area contributed by atoms with Crippen LogP contribution < -0.4 is 4.90 Å². The summed E-state index contributed by atoms with van der Waals surface area (Å²) < 4.78 is 12.7. The molecule has 0 spiro atoms. The van der Waals surface area contributed by atoms with Crippen molar-refractivity contribution in [2.75, 3.05) is 50.9 Å². The lowest BCUT2D eigenvalue weighted by molar-refractivity contribution is 0.0280. The molecule has 0 aliphatic carbocycles. The molecule has 150 valence electrons. The van der Waals surface area contributed by atoms with Crippen LogP contribution in [0.25, 0.3) is 10.1 Å². The minimum atomic E-state index is -0.205. The number of amides is 1. The number of benzene rings is 1. The minimum Gasteiger partial charge on any atom is -0.378 e. The Morgan fingerprint density at radius 1 is 1.03 bits per heavy atom. The Bertz CT molecular complexity index is 1000. The highest BCUT2D eigenvalue weighted by Crippen LogP contribution is 2.39. The molecule has 2 aromatic heterocycles. The fraction of sp³-hybridized carbons (Fsp3) is 0.381. The van der Waals surface area contributed by atoms with Gasteiger partial charge < -0.3 is 19.3 Å². The first kappa shape index (κ1) is 18.5. The van der Waals surface area contributed by atoms with Crippen LogP contribution >= 0.6 is 11.3 Å². The average molecular weight is 410 g/mol. The molecule has 2 aliphatic rings. The van der Waals surface area contributed by atoms with Crippen LogP contribution in [0, 0.1) is 0 Å². The van der Waals surface area contributed by atoms with E-state index < -0.39 is 0 Å². The van der Waals surface area contributed by atoms with Gasteiger partial charge in [-0.2, -0.15) is 0 Å². The molecule has 2 fully saturated rings. The summed E-state index contributed by atoms with van der Waals surface area (Å²) in [5, 5.41) is 1.09. The van der Waals surface area contributed by atoms with Crippen LogP contribution in [0.2, 0.25) is 0 Å². The molecule has 0 N–H and O–H groups in total. The van der Waals surface area contributed by atoms with Gasteiger partial charge in [-0.1, -0.05) is 18.2 Å². The van der Waals surface area contributed by atoms with Gasteiger partial charge in [-0.25, -0.2) is 9.97 Å². The maximum absolute atomic E-state index is 13.4. The average Bonchev–Trinajstić information content (AvgIpc) is 3.19. The van der Waals surface area contributed by atoms with Gasteiger partial charge in [-0.3, -0.25) is 4.79 Å². The largest absolute Gasteiger partial charge is 0.378 e. The lowest BCUT2D eigenvalue weighted by Crippen LogP contribution is -2.42. The van der Waals surface area contributed by atoms with Gasteiger partial charge in [-0.05, 0) is 17.5 Å². The van der Waals surface area contributed by atoms with Crippen LogP contribution in [-0.2, 0) is 9.47 Å². The normalized spacial score (nSPS) is 20.2. The van der Waals surface area contributed by atoms with E-state index >= 15 is 0 Å². The third-order valence-electron chi connectivity index (χ3n) is 5.35. The second-order valence-electron chi connectivity index (χ2n) is 7.10. The molecule has 3 aromatic rings. The number of hydrogen-bond acceptors (Lipinski definition) is 7. The topological polar surface area (TPSA) is 67.8 Å². The van der Waals surface area contributed by atoms with E-state index in [1.54, 1.807) is 23.7 Å². The number of hydrogen-bond donors (Lipinski definition) is 0. The SMILES string of the molecule is O=C(c1sc2ccccc2c1C1CN(c2ncccn2)CCO1)N1CCOCC1. The quantitative estimate of drug-likeness (QED) is 0.661. The number of morpholine rings is 2. The first-order valence-corrected chi connectivity index (χ1v) is 10.6. The molecule has 0 saturated carbocycles. The van der Waals surface area contributed by atoms with Crippen molar-refractivity contribution in [3.8, 4) is 0 Å². The Morgan fingerprint density at radius 3 is 2.66 bits per heavy atom. The molecular weight excluding hydrogens is 388 g/mol. The molecule has 2 saturated heterocycles. The maximum atomic E-state index is 13.4. The lowest BCUT2D eigenvalue weighted by atomic mass is 10.0. The van der Waals surface area contributed by atoms with Crippen LogP contribution in [-0.4, -0.2) is 66.8 Å². The number of aromatic nitrogens is 2. The molecular formula is C21H22N4O3S. The van der Waals surface area contributed by atoms with E-state index in [2.05, 4.69) is 27.0 Å². The van der Waals surface area contributed by atoms with Crippen LogP contribution in [0.15, 0.2) is 42.7 Å². The van der Waals surface area contributed by atoms with E-state index in [1.807, 2.05) is 23.1 Å². The number of carbonyl (C=O) groups excluding carboxylic acids is 1. The van der Waals surface area contributed by atoms with Crippen molar-refractivity contribution in [1.82, 2.24) is 14.9 Å². The highest BCUT2D eigenvalue weighted by molar-refractivity contribution is 7.21. The van der Waals surface area contributed by atoms with Crippen LogP contribution in [0.3, 0.4) is 0 Å². The van der Waals surface area contributed by atoms with E-state index in [9.17, 15) is 4.79 Å². The van der Waals surface area contributed by atoms with Crippen molar-refractivity contribution >= 4 is 33.3 Å². The molecule has 1 atom stereocenters. The molecule has 4 heterocycles. The van der Waals surface area contributed by atoms with Gasteiger partial charge in [0, 0.05) is 42.3 Å². The molecule has 0 bridgehead atoms. The molecule has 2 aliphatic heterocycles. The molecule has 7 nitrogen and oxygen atoms in total. The zero-order valence-electron chi connectivity index (χ0n) is 16.0. The van der Waals surface area contributed by atoms with Gasteiger partial charge in [-0.15, -0.1) is 11.3 Å². The third-order valence-corrected chi connectivity index (χ3v) is 6.52. The van der Waals surface area contributed by atoms with Crippen molar-refractivity contribution in [2.45, 2.75) is 6.10 Å². The Morgan fingerprint density at radius 2 is 1.83 bits per heavy atom. The van der Waals surface area contributed by atoms with Gasteiger partial charge >= 0.3 is 0 Å². The van der Waals surface area contributed by atoms with E-state index in [1.165, 1.54) is 0 Å². The van der Waals surface area contributed by atoms with Crippen molar-refractivity contribution in [2.24, 2.45) is 0 Å². The summed E-state index contributed by atoms with van der Waals surface area (Å²) in [6, 6.07) is 9.99. The van der Waals surface area contributed by atoms with Gasteiger partial charge in [0.05, 0.1) is 31.2 Å². The molecule has 29 heavy (non-hydrogen) atoms. The van der Waals surface area contributed by atoms with Gasteiger partial charge in [0.1, 0.15) is 6.10 Å². The Balaban J connectivity index is 1.52. The van der Waals surface area contributed by atoms with Gasteiger partial charge in [0.25, 0.3) is 5.91 Å². The van der Waals surface area contributed by atoms with Crippen LogP contribution in [0.1, 0.15) is 21.3 Å². The monoisotopic (exact) mass is 410 g/mol. The van der Waals surface area contributed by atoms with Crippen molar-refractivity contribution in [3.63, 3.8) is 0 Å². The summed E-state index contributed by atoms with van der Waals surface area (Å²) in [6.45, 7) is 4.35. The van der Waals surface area contributed by atoms with E-state index in [0.29, 0.717) is 45.4 Å². The Hall–Kier alpha value is -2.55. The summed E-state index contributed by atoms with van der Waals surface area (Å²) in [7, 11) is 0. The Labute approximate surface area is 172 Å². The highest BCUT2D eigenvalue weighted by Gasteiger charge is 2.32. The van der Waals surface area contributed by atoms with Crippen molar-refractivity contribution < 1.29 is 14.3 Å². The Kier molecular flexibility index (Phi) is 5.13. The van der Waals surface area contributed by atoms with Crippen LogP contribution in [0.5, 0.6) is 0 Å². The number of anilines is 1. The summed E-state index contributed by atoms with van der Waals surface area (Å²) in [5.41, 5.74) is 0.989. The van der Waals surface area contributed by atoms with E-state index in [-0.39, 0.29) is 12.0 Å². The molecule has 1 amide bonds. The molecule has 1 unspecified atom stereocenters. The fourth-order valence-corrected chi connectivity index (χ4v) is 5.14. The standard InChI is InChI=1S/C21H22N4O3S/c26-20(24-8-11-27-12-9-24)19-18(15-4-1-2-5-17(15)29-19)16-14-25(10-13-28-16)21-22-6-3-7-23-21/h1-7,16H,8-14H2. The number of rotatable bonds is 3. The zero-order chi connectivity index (χ0) is 19.6. The summed E-state index contributed by atoms with van der Waals surface area (Å²) in [4.78, 5) is 26.9. The smallest absolute Gasteiger partial charge is 0.264 e. The summed E-state index contributed by atoms with van der Waals surface area (Å²) >= 11 is 1.55. The van der Waals surface area contributed by atoms with Crippen molar-refractivity contribution in [3.05, 3.63) is 53.2 Å². The van der Waals surface area contributed by atoms with Crippen molar-refractivity contribution in [1.29, 1.82) is 0 Å². The predicted octanol–water partition coefficient (Wildman–Crippen LogP) is 2.74. The summed E-state index contributed by atoms with van der Waals surface area (Å²) in [6.07, 6.45) is 3.30. The second kappa shape index (κ2) is 8.06. The molecule has 8 heteroatoms. The number of carbonyl (C=O) groups is 1. The van der Waals surface area contributed by atoms with E-state index in [0.717, 1.165) is 27.1 Å². The molecule has 0 radical (unpaired) electrons. The molecule has 1 aromatic carbocycles. The summed E-state index contributed by atoms with van der Waals surface area (Å²) in [5.74, 6) is 0.766. The third kappa shape index (κ3) is 3.59. The van der Waals surface area contributed by atoms with Gasteiger partial charge in [0.2, 0.25) is 5.95 Å². The first-order valence-electron chi connectivity index (χ1n) is 9.83. The fourth-order valence-electron chi connectivity index (χ4n) is 3.91. The first-order chi connectivity index (χ1) is 14.3. The number of thiophene rings is 1. The number of nitrogens with zero attached hydrogens (tertiary/aromatic N) is 4. The maximum Gasteiger partial charge on any atom is 0.264 e. The zero-order valence-corrected chi connectivity index (χ0v) is 16.8. The lowest BCUT2D eigenvalue weighted by Gasteiger charge is -2.34. The molecule has 5 rings (SSSR count). The van der Waals surface area contributed by atoms with Crippen LogP contribution in [0.4, 0.5) is 5.95 Å². The van der Waals surface area contributed by atoms with Gasteiger partial charge in [0.15, 0.2) is 0 Å². The highest BCUT2D eigenvalue weighted by atomic mass is 32.1.